The molecular weight excluding hydrogens is 274 g/mol. The largest absolute Gasteiger partial charge is 0.355 e. The summed E-state index contributed by atoms with van der Waals surface area (Å²) in [5.74, 6) is 0. The zero-order valence-corrected chi connectivity index (χ0v) is 11.9. The first kappa shape index (κ1) is 14.5. The molecule has 106 valence electrons. The normalized spacial score (nSPS) is 12.9. The van der Waals surface area contributed by atoms with Crippen LogP contribution in [0.25, 0.3) is 0 Å². The van der Waals surface area contributed by atoms with Gasteiger partial charge in [-0.2, -0.15) is 0 Å². The average Bonchev–Trinajstić information content (AvgIpc) is 2.38. The van der Waals surface area contributed by atoms with Gasteiger partial charge in [-0.05, 0) is 42.8 Å². The van der Waals surface area contributed by atoms with E-state index < -0.39 is 10.0 Å². The lowest BCUT2D eigenvalue weighted by Crippen LogP contribution is -2.12. The monoisotopic (exact) mass is 291 g/mol. The summed E-state index contributed by atoms with van der Waals surface area (Å²) in [6.45, 7) is 1.91. The number of hydrogen-bond donors (Lipinski definition) is 3. The predicted octanol–water partition coefficient (Wildman–Crippen LogP) is 2.10. The molecule has 6 heteroatoms. The zero-order chi connectivity index (χ0) is 14.8. The van der Waals surface area contributed by atoms with Crippen LogP contribution in [0.3, 0.4) is 0 Å². The van der Waals surface area contributed by atoms with Gasteiger partial charge in [-0.3, -0.25) is 0 Å². The predicted molar refractivity (Wildman–Crippen MR) is 80.1 cm³/mol. The van der Waals surface area contributed by atoms with Crippen molar-refractivity contribution in [2.75, 3.05) is 5.32 Å². The van der Waals surface area contributed by atoms with Gasteiger partial charge in [-0.1, -0.05) is 18.2 Å². The number of hydrogen-bond acceptors (Lipinski definition) is 4. The summed E-state index contributed by atoms with van der Waals surface area (Å²) in [7, 11) is -3.66. The van der Waals surface area contributed by atoms with Crippen molar-refractivity contribution < 1.29 is 8.42 Å². The average molecular weight is 291 g/mol. The van der Waals surface area contributed by atoms with E-state index in [0.29, 0.717) is 0 Å². The van der Waals surface area contributed by atoms with Crippen molar-refractivity contribution in [1.29, 1.82) is 0 Å². The van der Waals surface area contributed by atoms with Crippen LogP contribution >= 0.6 is 0 Å². The number of primary sulfonamides is 1. The molecule has 0 aliphatic rings. The van der Waals surface area contributed by atoms with E-state index in [0.717, 1.165) is 16.9 Å². The molecule has 5 nitrogen and oxygen atoms in total. The second-order valence-corrected chi connectivity index (χ2v) is 6.13. The van der Waals surface area contributed by atoms with E-state index >= 15 is 0 Å². The quantitative estimate of drug-likeness (QED) is 0.803. The van der Waals surface area contributed by atoms with Crippen LogP contribution in [0.15, 0.2) is 53.4 Å². The number of nitrogens with two attached hydrogens (primary N) is 2. The van der Waals surface area contributed by atoms with Crippen LogP contribution in [0.1, 0.15) is 18.5 Å². The molecule has 0 fully saturated rings. The second-order valence-electron chi connectivity index (χ2n) is 4.57. The molecule has 0 aliphatic heterocycles. The molecule has 0 saturated heterocycles. The molecule has 1 unspecified atom stereocenters. The van der Waals surface area contributed by atoms with Gasteiger partial charge in [0.25, 0.3) is 0 Å². The van der Waals surface area contributed by atoms with Crippen molar-refractivity contribution >= 4 is 21.4 Å². The highest BCUT2D eigenvalue weighted by Gasteiger charge is 2.08. The molecule has 0 bridgehead atoms. The number of sulfonamides is 1. The highest BCUT2D eigenvalue weighted by molar-refractivity contribution is 7.89. The Bertz CT molecular complexity index is 695. The van der Waals surface area contributed by atoms with Gasteiger partial charge in [0.15, 0.2) is 0 Å². The van der Waals surface area contributed by atoms with Crippen molar-refractivity contribution in [1.82, 2.24) is 0 Å². The van der Waals surface area contributed by atoms with E-state index in [1.807, 2.05) is 31.2 Å². The Hall–Kier alpha value is -1.89. The summed E-state index contributed by atoms with van der Waals surface area (Å²) in [5, 5.41) is 8.28. The maximum Gasteiger partial charge on any atom is 0.238 e. The van der Waals surface area contributed by atoms with Crippen molar-refractivity contribution in [2.45, 2.75) is 17.9 Å². The SMILES string of the molecule is CC(N)c1ccccc1Nc1ccc(S(N)(=O)=O)cc1. The van der Waals surface area contributed by atoms with E-state index in [9.17, 15) is 8.42 Å². The van der Waals surface area contributed by atoms with Gasteiger partial charge in [0.05, 0.1) is 4.90 Å². The van der Waals surface area contributed by atoms with Gasteiger partial charge in [0.2, 0.25) is 10.0 Å². The Kier molecular flexibility index (Phi) is 4.08. The third-order valence-electron chi connectivity index (χ3n) is 2.91. The third-order valence-corrected chi connectivity index (χ3v) is 3.84. The molecule has 2 rings (SSSR count). The summed E-state index contributed by atoms with van der Waals surface area (Å²) in [5.41, 5.74) is 8.57. The van der Waals surface area contributed by atoms with Crippen LogP contribution in [-0.4, -0.2) is 8.42 Å². The van der Waals surface area contributed by atoms with Gasteiger partial charge >= 0.3 is 0 Å². The van der Waals surface area contributed by atoms with Crippen molar-refractivity contribution in [2.24, 2.45) is 10.9 Å². The molecule has 2 aromatic carbocycles. The minimum atomic E-state index is -3.66. The van der Waals surface area contributed by atoms with Gasteiger partial charge in [0.1, 0.15) is 0 Å². The lowest BCUT2D eigenvalue weighted by molar-refractivity contribution is 0.598. The van der Waals surface area contributed by atoms with Crippen LogP contribution in [0, 0.1) is 0 Å². The molecule has 2 aromatic rings. The van der Waals surface area contributed by atoms with Crippen LogP contribution in [0.5, 0.6) is 0 Å². The van der Waals surface area contributed by atoms with E-state index in [1.165, 1.54) is 12.1 Å². The standard InChI is InChI=1S/C14H17N3O2S/c1-10(15)13-4-2-3-5-14(13)17-11-6-8-12(9-7-11)20(16,18)19/h2-10,17H,15H2,1H3,(H2,16,18,19). The summed E-state index contributed by atoms with van der Waals surface area (Å²) in [6.07, 6.45) is 0. The Morgan fingerprint density at radius 1 is 1.05 bits per heavy atom. The van der Waals surface area contributed by atoms with E-state index in [1.54, 1.807) is 12.1 Å². The molecule has 0 spiro atoms. The minimum Gasteiger partial charge on any atom is -0.355 e. The van der Waals surface area contributed by atoms with Crippen molar-refractivity contribution in [3.63, 3.8) is 0 Å². The van der Waals surface area contributed by atoms with Crippen LogP contribution in [-0.2, 0) is 10.0 Å². The summed E-state index contributed by atoms with van der Waals surface area (Å²) in [6, 6.07) is 13.9. The Labute approximate surface area is 118 Å². The first-order chi connectivity index (χ1) is 9.38. The lowest BCUT2D eigenvalue weighted by Gasteiger charge is -2.14. The van der Waals surface area contributed by atoms with Crippen molar-refractivity contribution in [3.8, 4) is 0 Å². The smallest absolute Gasteiger partial charge is 0.238 e. The highest BCUT2D eigenvalue weighted by Crippen LogP contribution is 2.25. The summed E-state index contributed by atoms with van der Waals surface area (Å²) >= 11 is 0. The summed E-state index contributed by atoms with van der Waals surface area (Å²) < 4.78 is 22.4. The minimum absolute atomic E-state index is 0.0866. The van der Waals surface area contributed by atoms with Crippen molar-refractivity contribution in [3.05, 3.63) is 54.1 Å². The number of benzene rings is 2. The maximum absolute atomic E-state index is 11.2. The maximum atomic E-state index is 11.2. The van der Waals surface area contributed by atoms with Gasteiger partial charge in [-0.15, -0.1) is 0 Å². The Morgan fingerprint density at radius 3 is 2.20 bits per heavy atom. The Balaban J connectivity index is 2.27. The molecule has 0 heterocycles. The Morgan fingerprint density at radius 2 is 1.65 bits per heavy atom. The zero-order valence-electron chi connectivity index (χ0n) is 11.1. The van der Waals surface area contributed by atoms with Gasteiger partial charge in [0, 0.05) is 17.4 Å². The molecule has 0 radical (unpaired) electrons. The molecule has 0 aromatic heterocycles. The van der Waals surface area contributed by atoms with E-state index in [2.05, 4.69) is 5.32 Å². The number of para-hydroxylation sites is 1. The topological polar surface area (TPSA) is 98.2 Å². The lowest BCUT2D eigenvalue weighted by atomic mass is 10.1. The highest BCUT2D eigenvalue weighted by atomic mass is 32.2. The molecule has 0 amide bonds. The molecule has 20 heavy (non-hydrogen) atoms. The number of rotatable bonds is 4. The molecule has 0 aliphatic carbocycles. The number of anilines is 2. The van der Waals surface area contributed by atoms with E-state index in [-0.39, 0.29) is 10.9 Å². The van der Waals surface area contributed by atoms with Gasteiger partial charge in [-0.25, -0.2) is 13.6 Å². The molecular formula is C14H17N3O2S. The second kappa shape index (κ2) is 5.62. The first-order valence-corrected chi connectivity index (χ1v) is 7.67. The number of nitrogens with one attached hydrogen (secondary N) is 1. The van der Waals surface area contributed by atoms with Crippen LogP contribution < -0.4 is 16.2 Å². The molecule has 1 atom stereocenters. The fraction of sp³-hybridized carbons (Fsp3) is 0.143. The van der Waals surface area contributed by atoms with Crippen LogP contribution in [0.4, 0.5) is 11.4 Å². The fourth-order valence-electron chi connectivity index (χ4n) is 1.89. The fourth-order valence-corrected chi connectivity index (χ4v) is 2.41. The first-order valence-electron chi connectivity index (χ1n) is 6.12. The molecule has 5 N–H and O–H groups in total. The van der Waals surface area contributed by atoms with E-state index in [4.69, 9.17) is 10.9 Å². The molecule has 0 saturated carbocycles. The van der Waals surface area contributed by atoms with Gasteiger partial charge < -0.3 is 11.1 Å². The third kappa shape index (κ3) is 3.36. The summed E-state index contributed by atoms with van der Waals surface area (Å²) in [4.78, 5) is 0.0866. The van der Waals surface area contributed by atoms with Crippen LogP contribution in [0.2, 0.25) is 0 Å².